The Bertz CT molecular complexity index is 646. The molecule has 0 saturated heterocycles. The summed E-state index contributed by atoms with van der Waals surface area (Å²) in [6, 6.07) is 16.8. The van der Waals surface area contributed by atoms with E-state index in [0.717, 1.165) is 19.5 Å². The minimum absolute atomic E-state index is 0.294. The van der Waals surface area contributed by atoms with E-state index in [0.29, 0.717) is 17.3 Å². The van der Waals surface area contributed by atoms with Gasteiger partial charge in [-0.2, -0.15) is 0 Å². The van der Waals surface area contributed by atoms with Crippen molar-refractivity contribution in [2.24, 2.45) is 0 Å². The van der Waals surface area contributed by atoms with Crippen molar-refractivity contribution in [2.45, 2.75) is 13.0 Å². The highest BCUT2D eigenvalue weighted by Crippen LogP contribution is 2.14. The number of quaternary nitrogens is 1. The van der Waals surface area contributed by atoms with Gasteiger partial charge in [-0.15, -0.1) is 0 Å². The lowest BCUT2D eigenvalue weighted by Gasteiger charge is -2.26. The summed E-state index contributed by atoms with van der Waals surface area (Å²) in [5.41, 5.74) is 1.60. The fourth-order valence-electron chi connectivity index (χ4n) is 2.44. The smallest absolute Gasteiger partial charge is 0.173 e. The van der Waals surface area contributed by atoms with Crippen molar-refractivity contribution >= 4 is 23.0 Å². The van der Waals surface area contributed by atoms with Gasteiger partial charge in [0, 0.05) is 19.5 Å². The fourth-order valence-corrected chi connectivity index (χ4v) is 2.70. The van der Waals surface area contributed by atoms with Gasteiger partial charge in [0.05, 0.1) is 26.3 Å². The second-order valence-electron chi connectivity index (χ2n) is 6.13. The molecule has 0 aliphatic carbocycles. The molecule has 0 amide bonds. The molecule has 0 spiro atoms. The molecular weight excluding hydrogens is 321 g/mol. The Kier molecular flexibility index (Phi) is 7.15. The van der Waals surface area contributed by atoms with Crippen molar-refractivity contribution in [1.29, 1.82) is 0 Å². The van der Waals surface area contributed by atoms with Gasteiger partial charge in [0.25, 0.3) is 0 Å². The van der Waals surface area contributed by atoms with Crippen LogP contribution in [0, 0.1) is 5.82 Å². The molecule has 2 aromatic carbocycles. The summed E-state index contributed by atoms with van der Waals surface area (Å²) in [6.45, 7) is 2.61. The molecule has 5 heteroatoms. The number of para-hydroxylation sites is 1. The van der Waals surface area contributed by atoms with Gasteiger partial charge < -0.3 is 15.1 Å². The Labute approximate surface area is 149 Å². The standard InChI is InChI=1S/C19H24FN3S/c1-22(2)13-8-14-23(15-16-9-4-3-5-10-16)19(24)21-18-12-7-6-11-17(18)20/h3-7,9-12H,8,13-15H2,1-2H3,(H,21,24)/p+1. The molecule has 0 saturated carbocycles. The summed E-state index contributed by atoms with van der Waals surface area (Å²) >= 11 is 5.54. The lowest BCUT2D eigenvalue weighted by Crippen LogP contribution is -3.05. The van der Waals surface area contributed by atoms with Crippen LogP contribution in [0.4, 0.5) is 10.1 Å². The van der Waals surface area contributed by atoms with Crippen molar-refractivity contribution in [3.8, 4) is 0 Å². The summed E-state index contributed by atoms with van der Waals surface area (Å²) in [6.07, 6.45) is 1.02. The molecular formula is C19H25FN3S+. The molecule has 2 aromatic rings. The summed E-state index contributed by atoms with van der Waals surface area (Å²) < 4.78 is 13.9. The Morgan fingerprint density at radius 1 is 1.08 bits per heavy atom. The Hall–Kier alpha value is -1.98. The highest BCUT2D eigenvalue weighted by atomic mass is 32.1. The van der Waals surface area contributed by atoms with Crippen LogP contribution in [-0.4, -0.2) is 37.2 Å². The molecule has 0 aliphatic heterocycles. The minimum Gasteiger partial charge on any atom is -0.344 e. The summed E-state index contributed by atoms with van der Waals surface area (Å²) in [5, 5.41) is 3.60. The number of nitrogens with one attached hydrogen (secondary N) is 2. The number of hydrogen-bond acceptors (Lipinski definition) is 1. The van der Waals surface area contributed by atoms with Crippen LogP contribution in [0.1, 0.15) is 12.0 Å². The second kappa shape index (κ2) is 9.35. The molecule has 0 radical (unpaired) electrons. The number of halogens is 1. The van der Waals surface area contributed by atoms with Gasteiger partial charge in [-0.1, -0.05) is 42.5 Å². The SMILES string of the molecule is C[NH+](C)CCCN(Cc1ccccc1)C(=S)Nc1ccccc1F. The predicted molar refractivity (Wildman–Crippen MR) is 102 cm³/mol. The second-order valence-corrected chi connectivity index (χ2v) is 6.51. The Morgan fingerprint density at radius 2 is 1.75 bits per heavy atom. The van der Waals surface area contributed by atoms with E-state index in [4.69, 9.17) is 12.2 Å². The lowest BCUT2D eigenvalue weighted by atomic mass is 10.2. The van der Waals surface area contributed by atoms with Gasteiger partial charge in [-0.05, 0) is 29.9 Å². The van der Waals surface area contributed by atoms with E-state index in [1.807, 2.05) is 18.2 Å². The van der Waals surface area contributed by atoms with Gasteiger partial charge in [-0.25, -0.2) is 4.39 Å². The molecule has 0 heterocycles. The van der Waals surface area contributed by atoms with Crippen LogP contribution in [0.2, 0.25) is 0 Å². The largest absolute Gasteiger partial charge is 0.344 e. The van der Waals surface area contributed by atoms with E-state index in [9.17, 15) is 4.39 Å². The van der Waals surface area contributed by atoms with E-state index in [2.05, 4.69) is 36.4 Å². The van der Waals surface area contributed by atoms with E-state index < -0.39 is 0 Å². The predicted octanol–water partition coefficient (Wildman–Crippen LogP) is 2.56. The average molecular weight is 346 g/mol. The van der Waals surface area contributed by atoms with Crippen LogP contribution in [0.3, 0.4) is 0 Å². The van der Waals surface area contributed by atoms with Crippen LogP contribution >= 0.6 is 12.2 Å². The molecule has 0 aromatic heterocycles. The molecule has 0 atom stereocenters. The lowest BCUT2D eigenvalue weighted by molar-refractivity contribution is -0.858. The summed E-state index contributed by atoms with van der Waals surface area (Å²) in [7, 11) is 4.27. The summed E-state index contributed by atoms with van der Waals surface area (Å²) in [4.78, 5) is 3.50. The van der Waals surface area contributed by atoms with Crippen LogP contribution in [0.15, 0.2) is 54.6 Å². The molecule has 2 rings (SSSR count). The number of benzene rings is 2. The maximum absolute atomic E-state index is 13.9. The van der Waals surface area contributed by atoms with Crippen molar-refractivity contribution in [3.63, 3.8) is 0 Å². The number of hydrogen-bond donors (Lipinski definition) is 2. The monoisotopic (exact) mass is 346 g/mol. The zero-order valence-electron chi connectivity index (χ0n) is 14.3. The number of thiocarbonyl (C=S) groups is 1. The fraction of sp³-hybridized carbons (Fsp3) is 0.316. The summed E-state index contributed by atoms with van der Waals surface area (Å²) in [5.74, 6) is -0.294. The van der Waals surface area contributed by atoms with E-state index >= 15 is 0 Å². The highest BCUT2D eigenvalue weighted by Gasteiger charge is 2.13. The maximum Gasteiger partial charge on any atom is 0.173 e. The van der Waals surface area contributed by atoms with E-state index in [-0.39, 0.29) is 5.82 Å². The van der Waals surface area contributed by atoms with Gasteiger partial charge >= 0.3 is 0 Å². The third kappa shape index (κ3) is 5.91. The van der Waals surface area contributed by atoms with E-state index in [1.54, 1.807) is 18.2 Å². The molecule has 3 nitrogen and oxygen atoms in total. The number of nitrogens with zero attached hydrogens (tertiary/aromatic N) is 1. The molecule has 128 valence electrons. The van der Waals surface area contributed by atoms with Crippen LogP contribution in [0.5, 0.6) is 0 Å². The highest BCUT2D eigenvalue weighted by molar-refractivity contribution is 7.80. The molecule has 0 unspecified atom stereocenters. The Morgan fingerprint density at radius 3 is 2.42 bits per heavy atom. The third-order valence-corrected chi connectivity index (χ3v) is 4.08. The van der Waals surface area contributed by atoms with Crippen LogP contribution < -0.4 is 10.2 Å². The molecule has 0 bridgehead atoms. The first-order valence-corrected chi connectivity index (χ1v) is 8.60. The number of rotatable bonds is 7. The zero-order valence-corrected chi connectivity index (χ0v) is 15.1. The molecule has 24 heavy (non-hydrogen) atoms. The van der Waals surface area contributed by atoms with Gasteiger partial charge in [0.15, 0.2) is 5.11 Å². The molecule has 0 aliphatic rings. The van der Waals surface area contributed by atoms with Crippen molar-refractivity contribution in [1.82, 2.24) is 4.90 Å². The van der Waals surface area contributed by atoms with Crippen molar-refractivity contribution in [3.05, 3.63) is 66.0 Å². The van der Waals surface area contributed by atoms with Crippen LogP contribution in [-0.2, 0) is 6.54 Å². The first kappa shape index (κ1) is 18.4. The Balaban J connectivity index is 2.05. The first-order valence-electron chi connectivity index (χ1n) is 8.19. The zero-order chi connectivity index (χ0) is 17.4. The topological polar surface area (TPSA) is 19.7 Å². The maximum atomic E-state index is 13.9. The molecule has 0 fully saturated rings. The van der Waals surface area contributed by atoms with Crippen LogP contribution in [0.25, 0.3) is 0 Å². The average Bonchev–Trinajstić information content (AvgIpc) is 2.56. The normalized spacial score (nSPS) is 10.7. The quantitative estimate of drug-likeness (QED) is 0.752. The van der Waals surface area contributed by atoms with Gasteiger partial charge in [0.1, 0.15) is 5.82 Å². The van der Waals surface area contributed by atoms with Gasteiger partial charge in [0.2, 0.25) is 0 Å². The third-order valence-electron chi connectivity index (χ3n) is 3.72. The minimum atomic E-state index is -0.294. The molecule has 2 N–H and O–H groups in total. The van der Waals surface area contributed by atoms with E-state index in [1.165, 1.54) is 16.5 Å². The van der Waals surface area contributed by atoms with Crippen molar-refractivity contribution < 1.29 is 9.29 Å². The van der Waals surface area contributed by atoms with Crippen molar-refractivity contribution in [2.75, 3.05) is 32.5 Å². The number of anilines is 1. The van der Waals surface area contributed by atoms with Gasteiger partial charge in [-0.3, -0.25) is 0 Å². The first-order chi connectivity index (χ1) is 11.6.